The van der Waals surface area contributed by atoms with E-state index in [9.17, 15) is 4.79 Å². The molecular weight excluding hydrogens is 324 g/mol. The number of aromatic nitrogens is 3. The second-order valence-electron chi connectivity index (χ2n) is 6.06. The van der Waals surface area contributed by atoms with Crippen LogP contribution in [0.25, 0.3) is 23.4 Å². The van der Waals surface area contributed by atoms with Crippen LogP contribution in [-0.4, -0.2) is 27.4 Å². The Morgan fingerprint density at radius 1 is 1.08 bits per heavy atom. The van der Waals surface area contributed by atoms with Gasteiger partial charge in [0.15, 0.2) is 0 Å². The van der Waals surface area contributed by atoms with Crippen molar-refractivity contribution in [2.45, 2.75) is 6.42 Å². The van der Waals surface area contributed by atoms with Crippen LogP contribution >= 0.6 is 0 Å². The molecule has 26 heavy (non-hydrogen) atoms. The van der Waals surface area contributed by atoms with Crippen LogP contribution in [-0.2, 0) is 6.42 Å². The summed E-state index contributed by atoms with van der Waals surface area (Å²) in [6.45, 7) is 0.680. The largest absolute Gasteiger partial charge is 0.358 e. The van der Waals surface area contributed by atoms with Crippen LogP contribution in [0.1, 0.15) is 27.3 Å². The Bertz CT molecular complexity index is 986. The number of carbonyl (C=O) groups is 1. The number of allylic oxidation sites excluding steroid dienone is 2. The van der Waals surface area contributed by atoms with E-state index in [0.717, 1.165) is 40.2 Å². The maximum absolute atomic E-state index is 11.9. The number of hydrogen-bond donors (Lipinski definition) is 2. The third-order valence-electron chi connectivity index (χ3n) is 4.25. The van der Waals surface area contributed by atoms with Gasteiger partial charge in [-0.1, -0.05) is 24.3 Å². The van der Waals surface area contributed by atoms with Gasteiger partial charge in [-0.3, -0.25) is 14.8 Å². The maximum Gasteiger partial charge on any atom is 0.253 e. The van der Waals surface area contributed by atoms with E-state index in [1.807, 2.05) is 60.8 Å². The summed E-state index contributed by atoms with van der Waals surface area (Å²) in [5, 5.41) is 2.87. The zero-order valence-corrected chi connectivity index (χ0v) is 14.1. The van der Waals surface area contributed by atoms with Gasteiger partial charge in [0.1, 0.15) is 0 Å². The van der Waals surface area contributed by atoms with E-state index in [1.54, 1.807) is 12.4 Å². The molecule has 1 aliphatic rings. The molecule has 5 nitrogen and oxygen atoms in total. The first-order valence-electron chi connectivity index (χ1n) is 8.51. The van der Waals surface area contributed by atoms with Gasteiger partial charge in [0, 0.05) is 48.5 Å². The normalized spacial score (nSPS) is 13.9. The summed E-state index contributed by atoms with van der Waals surface area (Å²) >= 11 is 0. The zero-order valence-electron chi connectivity index (χ0n) is 14.1. The second-order valence-corrected chi connectivity index (χ2v) is 6.06. The van der Waals surface area contributed by atoms with Crippen LogP contribution in [0.15, 0.2) is 61.1 Å². The molecule has 2 N–H and O–H groups in total. The molecule has 1 amide bonds. The van der Waals surface area contributed by atoms with Crippen molar-refractivity contribution in [2.24, 2.45) is 0 Å². The monoisotopic (exact) mass is 342 g/mol. The lowest BCUT2D eigenvalue weighted by atomic mass is 10.1. The zero-order chi connectivity index (χ0) is 17.8. The van der Waals surface area contributed by atoms with Crippen LogP contribution in [0.3, 0.4) is 0 Å². The van der Waals surface area contributed by atoms with Crippen molar-refractivity contribution in [2.75, 3.05) is 6.54 Å². The Hall–Kier alpha value is -3.47. The molecule has 5 heteroatoms. The van der Waals surface area contributed by atoms with Crippen LogP contribution in [0, 0.1) is 0 Å². The predicted octanol–water partition coefficient (Wildman–Crippen LogP) is 3.48. The highest BCUT2D eigenvalue weighted by Gasteiger charge is 2.19. The lowest BCUT2D eigenvalue weighted by molar-refractivity contribution is 0.0946. The first kappa shape index (κ1) is 16.0. The average molecular weight is 342 g/mol. The van der Waals surface area contributed by atoms with Crippen LogP contribution in [0.2, 0.25) is 0 Å². The Labute approximate surface area is 151 Å². The summed E-state index contributed by atoms with van der Waals surface area (Å²) in [7, 11) is 0. The number of fused-ring (bicyclic) bond motifs is 1. The minimum absolute atomic E-state index is 0.0107. The number of rotatable bonds is 4. The third-order valence-corrected chi connectivity index (χ3v) is 4.25. The molecular formula is C21H18N4O. The van der Waals surface area contributed by atoms with Gasteiger partial charge in [0.2, 0.25) is 0 Å². The molecule has 0 spiro atoms. The van der Waals surface area contributed by atoms with Gasteiger partial charge in [-0.15, -0.1) is 0 Å². The number of nitrogens with one attached hydrogen (secondary N) is 2. The molecule has 0 radical (unpaired) electrons. The molecule has 0 aliphatic carbocycles. The molecule has 0 fully saturated rings. The Morgan fingerprint density at radius 2 is 2.00 bits per heavy atom. The Morgan fingerprint density at radius 3 is 2.85 bits per heavy atom. The number of carbonyl (C=O) groups excluding carboxylic acids is 1. The van der Waals surface area contributed by atoms with Crippen molar-refractivity contribution in [3.05, 3.63) is 83.6 Å². The van der Waals surface area contributed by atoms with Crippen LogP contribution in [0.5, 0.6) is 0 Å². The smallest absolute Gasteiger partial charge is 0.253 e. The van der Waals surface area contributed by atoms with Gasteiger partial charge < -0.3 is 10.3 Å². The van der Waals surface area contributed by atoms with E-state index < -0.39 is 0 Å². The number of nitrogens with zero attached hydrogens (tertiary/aromatic N) is 2. The molecule has 128 valence electrons. The van der Waals surface area contributed by atoms with Crippen molar-refractivity contribution in [3.63, 3.8) is 0 Å². The highest BCUT2D eigenvalue weighted by atomic mass is 16.1. The molecule has 4 heterocycles. The number of hydrogen-bond acceptors (Lipinski definition) is 3. The van der Waals surface area contributed by atoms with Crippen molar-refractivity contribution in [1.82, 2.24) is 20.3 Å². The Kier molecular flexibility index (Phi) is 4.43. The summed E-state index contributed by atoms with van der Waals surface area (Å²) < 4.78 is 0. The highest BCUT2D eigenvalue weighted by molar-refractivity contribution is 5.97. The lowest BCUT2D eigenvalue weighted by Crippen LogP contribution is -2.31. The Balaban J connectivity index is 1.53. The topological polar surface area (TPSA) is 70.7 Å². The summed E-state index contributed by atoms with van der Waals surface area (Å²) in [6, 6.07) is 9.76. The molecule has 4 rings (SSSR count). The van der Waals surface area contributed by atoms with Gasteiger partial charge in [0.05, 0.1) is 11.3 Å². The predicted molar refractivity (Wildman–Crippen MR) is 102 cm³/mol. The quantitative estimate of drug-likeness (QED) is 0.713. The minimum atomic E-state index is -0.0107. The van der Waals surface area contributed by atoms with Gasteiger partial charge >= 0.3 is 0 Å². The highest BCUT2D eigenvalue weighted by Crippen LogP contribution is 2.24. The molecule has 3 aromatic rings. The number of amides is 1. The molecule has 0 aromatic carbocycles. The molecule has 0 unspecified atom stereocenters. The number of pyridine rings is 2. The summed E-state index contributed by atoms with van der Waals surface area (Å²) in [5.74, 6) is -0.0107. The van der Waals surface area contributed by atoms with E-state index in [4.69, 9.17) is 0 Å². The van der Waals surface area contributed by atoms with Crippen LogP contribution in [0.4, 0.5) is 0 Å². The molecule has 0 saturated carbocycles. The van der Waals surface area contributed by atoms with Gasteiger partial charge in [-0.2, -0.15) is 0 Å². The van der Waals surface area contributed by atoms with E-state index in [-0.39, 0.29) is 5.91 Å². The molecule has 1 aliphatic heterocycles. The fourth-order valence-corrected chi connectivity index (χ4v) is 2.95. The SMILES string of the molecule is O=C1NCCc2[nH]c(-c3ccnc(C=CC=Cc4cccnc4)c3)cc21. The third kappa shape index (κ3) is 3.47. The standard InChI is InChI=1S/C21H18N4O/c26-21-18-13-20(25-19(18)8-11-24-21)16-7-10-23-17(12-16)6-2-1-4-15-5-3-9-22-14-15/h1-7,9-10,12-14,25H,8,11H2,(H,24,26). The second kappa shape index (κ2) is 7.19. The van der Waals surface area contributed by atoms with E-state index in [0.29, 0.717) is 6.54 Å². The number of aromatic amines is 1. The average Bonchev–Trinajstić information content (AvgIpc) is 3.12. The summed E-state index contributed by atoms with van der Waals surface area (Å²) in [4.78, 5) is 23.7. The van der Waals surface area contributed by atoms with E-state index in [2.05, 4.69) is 20.3 Å². The van der Waals surface area contributed by atoms with Crippen molar-refractivity contribution >= 4 is 18.1 Å². The lowest BCUT2D eigenvalue weighted by Gasteiger charge is -2.10. The van der Waals surface area contributed by atoms with Crippen LogP contribution < -0.4 is 5.32 Å². The van der Waals surface area contributed by atoms with Gasteiger partial charge in [0.25, 0.3) is 5.91 Å². The molecule has 0 saturated heterocycles. The van der Waals surface area contributed by atoms with E-state index in [1.165, 1.54) is 0 Å². The molecule has 3 aromatic heterocycles. The van der Waals surface area contributed by atoms with E-state index >= 15 is 0 Å². The summed E-state index contributed by atoms with van der Waals surface area (Å²) in [5.41, 5.74) is 5.59. The van der Waals surface area contributed by atoms with Crippen molar-refractivity contribution in [3.8, 4) is 11.3 Å². The van der Waals surface area contributed by atoms with Gasteiger partial charge in [-0.05, 0) is 35.9 Å². The fraction of sp³-hybridized carbons (Fsp3) is 0.0952. The minimum Gasteiger partial charge on any atom is -0.358 e. The summed E-state index contributed by atoms with van der Waals surface area (Å²) in [6.07, 6.45) is 14.0. The van der Waals surface area contributed by atoms with Crippen molar-refractivity contribution in [1.29, 1.82) is 0 Å². The fourth-order valence-electron chi connectivity index (χ4n) is 2.95. The maximum atomic E-state index is 11.9. The first-order chi connectivity index (χ1) is 12.8. The van der Waals surface area contributed by atoms with Gasteiger partial charge in [-0.25, -0.2) is 0 Å². The number of H-pyrrole nitrogens is 1. The first-order valence-corrected chi connectivity index (χ1v) is 8.51. The molecule has 0 bridgehead atoms. The molecule has 0 atom stereocenters. The van der Waals surface area contributed by atoms with Crippen molar-refractivity contribution < 1.29 is 4.79 Å².